The molecule has 1 spiro atoms. The minimum Gasteiger partial charge on any atom is -0.377 e. The predicted molar refractivity (Wildman–Crippen MR) is 134 cm³/mol. The van der Waals surface area contributed by atoms with Crippen LogP contribution in [0.4, 0.5) is 0 Å². The summed E-state index contributed by atoms with van der Waals surface area (Å²) in [6.07, 6.45) is 11.4. The molecule has 190 valence electrons. The average molecular weight is 469 g/mol. The molecule has 5 saturated carbocycles. The number of ketones is 2. The summed E-state index contributed by atoms with van der Waals surface area (Å²) in [5.41, 5.74) is 1.03. The van der Waals surface area contributed by atoms with Gasteiger partial charge in [0.2, 0.25) is 0 Å². The van der Waals surface area contributed by atoms with E-state index in [9.17, 15) is 9.59 Å². The van der Waals surface area contributed by atoms with Crippen LogP contribution in [0.1, 0.15) is 113 Å². The van der Waals surface area contributed by atoms with Crippen molar-refractivity contribution >= 4 is 11.6 Å². The van der Waals surface area contributed by atoms with Crippen LogP contribution in [0, 0.1) is 56.2 Å². The third kappa shape index (κ3) is 2.54. The van der Waals surface area contributed by atoms with Crippen molar-refractivity contribution in [1.29, 1.82) is 0 Å². The van der Waals surface area contributed by atoms with Gasteiger partial charge >= 0.3 is 0 Å². The highest BCUT2D eigenvalue weighted by atomic mass is 16.5. The molecule has 5 aliphatic carbocycles. The van der Waals surface area contributed by atoms with E-state index in [0.29, 0.717) is 16.7 Å². The maximum Gasteiger partial charge on any atom is 0.144 e. The quantitative estimate of drug-likeness (QED) is 0.359. The topological polar surface area (TPSA) is 43.4 Å². The lowest BCUT2D eigenvalue weighted by atomic mass is 9.28. The van der Waals surface area contributed by atoms with Crippen LogP contribution in [0.3, 0.4) is 0 Å². The van der Waals surface area contributed by atoms with Crippen molar-refractivity contribution in [2.24, 2.45) is 56.2 Å². The summed E-state index contributed by atoms with van der Waals surface area (Å²) in [5.74, 6) is 1.68. The Morgan fingerprint density at radius 3 is 2.24 bits per heavy atom. The van der Waals surface area contributed by atoms with Crippen molar-refractivity contribution < 1.29 is 14.3 Å². The van der Waals surface area contributed by atoms with Crippen molar-refractivity contribution in [2.75, 3.05) is 6.61 Å². The largest absolute Gasteiger partial charge is 0.377 e. The highest BCUT2D eigenvalue weighted by Crippen LogP contribution is 2.80. The van der Waals surface area contributed by atoms with Crippen LogP contribution in [-0.2, 0) is 14.3 Å². The molecule has 3 nitrogen and oxygen atoms in total. The highest BCUT2D eigenvalue weighted by molar-refractivity contribution is 6.04. The molecule has 1 aliphatic heterocycles. The van der Waals surface area contributed by atoms with Gasteiger partial charge in [-0.3, -0.25) is 9.59 Å². The molecule has 0 aromatic rings. The number of rotatable bonds is 0. The Hall–Kier alpha value is -0.700. The van der Waals surface area contributed by atoms with Crippen LogP contribution in [0.25, 0.3) is 0 Å². The van der Waals surface area contributed by atoms with Gasteiger partial charge in [0.15, 0.2) is 0 Å². The summed E-state index contributed by atoms with van der Waals surface area (Å²) in [5, 5.41) is 0. The second kappa shape index (κ2) is 6.78. The second-order valence-electron chi connectivity index (χ2n) is 15.6. The third-order valence-corrected chi connectivity index (χ3v) is 14.1. The molecule has 10 atom stereocenters. The second-order valence-corrected chi connectivity index (χ2v) is 15.6. The van der Waals surface area contributed by atoms with Gasteiger partial charge in [-0.2, -0.15) is 0 Å². The molecule has 1 heterocycles. The van der Waals surface area contributed by atoms with E-state index in [1.807, 2.05) is 0 Å². The summed E-state index contributed by atoms with van der Waals surface area (Å²) >= 11 is 0. The van der Waals surface area contributed by atoms with Crippen LogP contribution in [0.2, 0.25) is 0 Å². The van der Waals surface area contributed by atoms with Gasteiger partial charge in [0, 0.05) is 22.7 Å². The number of Topliss-reactive ketones (excluding diaryl/α,β-unsaturated/α-hetero) is 2. The fourth-order valence-electron chi connectivity index (χ4n) is 11.8. The molecular weight excluding hydrogens is 420 g/mol. The summed E-state index contributed by atoms with van der Waals surface area (Å²) in [6.45, 7) is 17.8. The molecule has 3 heteroatoms. The van der Waals surface area contributed by atoms with Crippen LogP contribution >= 0.6 is 0 Å². The minimum absolute atomic E-state index is 0.0146. The van der Waals surface area contributed by atoms with Crippen molar-refractivity contribution in [3.8, 4) is 0 Å². The van der Waals surface area contributed by atoms with Crippen molar-refractivity contribution in [2.45, 2.75) is 119 Å². The van der Waals surface area contributed by atoms with E-state index < -0.39 is 0 Å². The Balaban J connectivity index is 1.49. The molecule has 34 heavy (non-hydrogen) atoms. The SMILES string of the molecule is C[C@@H]1OCC23CC[C@@]4(C)CCC(C)(C)C[C@H]4[C@]2(C)CCC12C3CC[C@@]1(C)C2C(=O)CC(=O)[C@@H]1C. The van der Waals surface area contributed by atoms with E-state index in [4.69, 9.17) is 4.74 Å². The zero-order valence-electron chi connectivity index (χ0n) is 22.9. The smallest absolute Gasteiger partial charge is 0.144 e. The standard InChI is InChI=1S/C31H48O3/c1-19-21(32)16-22(33)25-28(19,6)9-8-23-30-14-12-27(5)11-10-26(3,4)17-24(27)29(30,7)13-15-31(23,25)20(2)34-18-30/h19-20,23-25H,8-18H2,1-7H3/t19-,20-,23?,24+,25?,27+,28+,29-,30?,31?/m0/s1. The zero-order chi connectivity index (χ0) is 24.5. The number of fused-ring (bicyclic) bond motifs is 3. The number of hydrogen-bond acceptors (Lipinski definition) is 3. The van der Waals surface area contributed by atoms with Gasteiger partial charge in [0.1, 0.15) is 11.6 Å². The maximum atomic E-state index is 13.8. The summed E-state index contributed by atoms with van der Waals surface area (Å²) in [6, 6.07) is 0. The predicted octanol–water partition coefficient (Wildman–Crippen LogP) is 7.01. The first kappa shape index (κ1) is 23.7. The van der Waals surface area contributed by atoms with Crippen LogP contribution < -0.4 is 0 Å². The van der Waals surface area contributed by atoms with E-state index in [-0.39, 0.29) is 57.6 Å². The van der Waals surface area contributed by atoms with Gasteiger partial charge in [0.25, 0.3) is 0 Å². The lowest BCUT2D eigenvalue weighted by Gasteiger charge is -2.78. The summed E-state index contributed by atoms with van der Waals surface area (Å²) < 4.78 is 6.86. The van der Waals surface area contributed by atoms with E-state index in [2.05, 4.69) is 48.5 Å². The van der Waals surface area contributed by atoms with E-state index in [0.717, 1.165) is 25.4 Å². The van der Waals surface area contributed by atoms with Crippen molar-refractivity contribution in [3.63, 3.8) is 0 Å². The Kier molecular flexibility index (Phi) is 4.73. The third-order valence-electron chi connectivity index (χ3n) is 14.1. The van der Waals surface area contributed by atoms with Gasteiger partial charge in [-0.1, -0.05) is 41.5 Å². The average Bonchev–Trinajstić information content (AvgIpc) is 2.77. The van der Waals surface area contributed by atoms with Gasteiger partial charge in [-0.05, 0) is 98.2 Å². The van der Waals surface area contributed by atoms with E-state index >= 15 is 0 Å². The van der Waals surface area contributed by atoms with Crippen LogP contribution in [0.15, 0.2) is 0 Å². The molecule has 6 aliphatic rings. The molecule has 0 amide bonds. The summed E-state index contributed by atoms with van der Waals surface area (Å²) in [4.78, 5) is 26.7. The highest BCUT2D eigenvalue weighted by Gasteiger charge is 2.77. The monoisotopic (exact) mass is 468 g/mol. The Labute approximate surface area is 207 Å². The molecule has 4 unspecified atom stereocenters. The molecule has 0 aromatic heterocycles. The van der Waals surface area contributed by atoms with Gasteiger partial charge < -0.3 is 4.74 Å². The van der Waals surface area contributed by atoms with Gasteiger partial charge in [-0.15, -0.1) is 0 Å². The van der Waals surface area contributed by atoms with Crippen LogP contribution in [-0.4, -0.2) is 24.3 Å². The Bertz CT molecular complexity index is 937. The fourth-order valence-corrected chi connectivity index (χ4v) is 11.8. The first-order valence-electron chi connectivity index (χ1n) is 14.4. The van der Waals surface area contributed by atoms with Crippen molar-refractivity contribution in [1.82, 2.24) is 0 Å². The van der Waals surface area contributed by atoms with Crippen molar-refractivity contribution in [3.05, 3.63) is 0 Å². The first-order valence-corrected chi connectivity index (χ1v) is 14.4. The molecule has 0 N–H and O–H groups in total. The number of carbonyl (C=O) groups excluding carboxylic acids is 2. The first-order chi connectivity index (χ1) is 15.8. The molecule has 6 fully saturated rings. The molecular formula is C31H48O3. The number of carbonyl (C=O) groups is 2. The van der Waals surface area contributed by atoms with E-state index in [1.165, 1.54) is 44.9 Å². The lowest BCUT2D eigenvalue weighted by Crippen LogP contribution is -2.76. The summed E-state index contributed by atoms with van der Waals surface area (Å²) in [7, 11) is 0. The molecule has 1 saturated heterocycles. The van der Waals surface area contributed by atoms with Gasteiger partial charge in [0.05, 0.1) is 19.1 Å². The Morgan fingerprint density at radius 1 is 0.794 bits per heavy atom. The Morgan fingerprint density at radius 2 is 1.50 bits per heavy atom. The number of hydrogen-bond donors (Lipinski definition) is 0. The van der Waals surface area contributed by atoms with Gasteiger partial charge in [-0.25, -0.2) is 0 Å². The zero-order valence-corrected chi connectivity index (χ0v) is 22.9. The molecule has 2 bridgehead atoms. The lowest BCUT2D eigenvalue weighted by molar-refractivity contribution is -0.334. The number of ether oxygens (including phenoxy) is 1. The fraction of sp³-hybridized carbons (Fsp3) is 0.935. The maximum absolute atomic E-state index is 13.8. The minimum atomic E-state index is -0.206. The molecule has 0 radical (unpaired) electrons. The van der Waals surface area contributed by atoms with E-state index in [1.54, 1.807) is 0 Å². The normalized spacial score (nSPS) is 58.3. The molecule has 6 rings (SSSR count). The molecule has 0 aromatic carbocycles. The van der Waals surface area contributed by atoms with Crippen LogP contribution in [0.5, 0.6) is 0 Å².